The topological polar surface area (TPSA) is 41.1 Å². The first kappa shape index (κ1) is 13.6. The van der Waals surface area contributed by atoms with E-state index < -0.39 is 24.2 Å². The predicted octanol–water partition coefficient (Wildman–Crippen LogP) is 5.35. The predicted molar refractivity (Wildman–Crippen MR) is 106 cm³/mol. The number of fused-ring (bicyclic) bond motifs is 1. The van der Waals surface area contributed by atoms with Crippen molar-refractivity contribution in [2.24, 2.45) is 0 Å². The van der Waals surface area contributed by atoms with Crippen LogP contribution in [0.2, 0.25) is 10.8 Å². The summed E-state index contributed by atoms with van der Waals surface area (Å²) in [6.07, 6.45) is -0.141. The number of aromatic nitrogens is 2. The number of benzene rings is 1. The summed E-state index contributed by atoms with van der Waals surface area (Å²) >= 11 is 12.8. The maximum Gasteiger partial charge on any atom is 0.162 e. The van der Waals surface area contributed by atoms with E-state index >= 15 is 0 Å². The SMILES string of the molecule is [2H]c1nc(N([2H])C2([2H])CCN(C([2H])c3cc(Cl)c(F)cc3F)CC2)c2c([2H])c(Cl)sc2n1. The van der Waals surface area contributed by atoms with Gasteiger partial charge in [-0.25, -0.2) is 18.7 Å². The van der Waals surface area contributed by atoms with Crippen LogP contribution >= 0.6 is 34.5 Å². The lowest BCUT2D eigenvalue weighted by atomic mass is 10.0. The van der Waals surface area contributed by atoms with E-state index in [0.29, 0.717) is 10.9 Å². The lowest BCUT2D eigenvalue weighted by Crippen LogP contribution is -2.39. The molecule has 3 heterocycles. The van der Waals surface area contributed by atoms with Gasteiger partial charge in [-0.1, -0.05) is 23.2 Å². The largest absolute Gasteiger partial charge is 0.367 e. The van der Waals surface area contributed by atoms with Crippen LogP contribution in [0.4, 0.5) is 14.6 Å². The molecule has 0 aliphatic carbocycles. The van der Waals surface area contributed by atoms with E-state index in [1.165, 1.54) is 0 Å². The number of thiophene rings is 1. The van der Waals surface area contributed by atoms with Crippen molar-refractivity contribution in [3.63, 3.8) is 0 Å². The highest BCUT2D eigenvalue weighted by molar-refractivity contribution is 7.22. The van der Waals surface area contributed by atoms with Crippen molar-refractivity contribution in [1.29, 1.82) is 0 Å². The summed E-state index contributed by atoms with van der Waals surface area (Å²) < 4.78 is 69.5. The molecule has 1 aliphatic rings. The number of piperidine rings is 1. The zero-order valence-electron chi connectivity index (χ0n) is 18.8. The van der Waals surface area contributed by atoms with E-state index in [4.69, 9.17) is 30.1 Å². The molecular weight excluding hydrogens is 413 g/mol. The Morgan fingerprint density at radius 1 is 1.33 bits per heavy atom. The summed E-state index contributed by atoms with van der Waals surface area (Å²) in [5.74, 6) is -1.82. The molecule has 4 rings (SSSR count). The zero-order valence-corrected chi connectivity index (χ0v) is 16.1. The minimum Gasteiger partial charge on any atom is -0.367 e. The van der Waals surface area contributed by atoms with Crippen molar-refractivity contribution in [2.75, 3.05) is 18.4 Å². The number of likely N-dealkylation sites (tertiary alicyclic amines) is 1. The normalized spacial score (nSPS) is 21.1. The summed E-state index contributed by atoms with van der Waals surface area (Å²) in [7, 11) is 0. The van der Waals surface area contributed by atoms with Gasteiger partial charge in [0.05, 0.1) is 17.5 Å². The summed E-state index contributed by atoms with van der Waals surface area (Å²) in [5.41, 5.74) is -0.0697. The Balaban J connectivity index is 1.57. The maximum atomic E-state index is 14.2. The van der Waals surface area contributed by atoms with Crippen LogP contribution in [0.15, 0.2) is 24.5 Å². The fourth-order valence-electron chi connectivity index (χ4n) is 2.80. The van der Waals surface area contributed by atoms with Gasteiger partial charge in [0, 0.05) is 38.6 Å². The molecule has 0 saturated carbocycles. The van der Waals surface area contributed by atoms with Crippen LogP contribution in [0.1, 0.15) is 23.9 Å². The Bertz CT molecular complexity index is 1190. The van der Waals surface area contributed by atoms with Crippen LogP contribution < -0.4 is 5.31 Å². The van der Waals surface area contributed by atoms with Crippen molar-refractivity contribution in [1.82, 2.24) is 14.9 Å². The van der Waals surface area contributed by atoms with Crippen molar-refractivity contribution >= 4 is 50.6 Å². The van der Waals surface area contributed by atoms with Gasteiger partial charge in [0.2, 0.25) is 0 Å². The van der Waals surface area contributed by atoms with Gasteiger partial charge in [-0.15, -0.1) is 11.3 Å². The molecule has 4 nitrogen and oxygen atoms in total. The van der Waals surface area contributed by atoms with Gasteiger partial charge >= 0.3 is 0 Å². The van der Waals surface area contributed by atoms with Crippen molar-refractivity contribution in [3.05, 3.63) is 51.0 Å². The number of rotatable bonds is 4. The van der Waals surface area contributed by atoms with E-state index in [1.807, 2.05) is 0 Å². The minimum atomic E-state index is -1.47. The summed E-state index contributed by atoms with van der Waals surface area (Å²) in [6.45, 7) is -0.790. The van der Waals surface area contributed by atoms with Crippen LogP contribution in [-0.2, 0) is 6.52 Å². The zero-order chi connectivity index (χ0) is 23.4. The highest BCUT2D eigenvalue weighted by Crippen LogP contribution is 2.32. The third kappa shape index (κ3) is 4.16. The molecule has 27 heavy (non-hydrogen) atoms. The van der Waals surface area contributed by atoms with Gasteiger partial charge in [0.25, 0.3) is 0 Å². The van der Waals surface area contributed by atoms with Crippen LogP contribution in [0.3, 0.4) is 0 Å². The van der Waals surface area contributed by atoms with E-state index in [9.17, 15) is 8.78 Å². The quantitative estimate of drug-likeness (QED) is 0.562. The lowest BCUT2D eigenvalue weighted by Gasteiger charge is -2.32. The molecule has 142 valence electrons. The third-order valence-electron chi connectivity index (χ3n) is 4.15. The van der Waals surface area contributed by atoms with Crippen molar-refractivity contribution in [3.8, 4) is 0 Å². The summed E-state index contributed by atoms with van der Waals surface area (Å²) in [6, 6.07) is 0.207. The Morgan fingerprint density at radius 2 is 2.11 bits per heavy atom. The van der Waals surface area contributed by atoms with E-state index in [2.05, 4.69) is 9.97 Å². The van der Waals surface area contributed by atoms with E-state index in [1.54, 1.807) is 4.90 Å². The molecule has 1 atom stereocenters. The molecule has 0 amide bonds. The molecule has 3 aromatic rings. The molecule has 1 N–H and O–H groups in total. The average Bonchev–Trinajstić information content (AvgIpc) is 3.03. The highest BCUT2D eigenvalue weighted by atomic mass is 35.5. The van der Waals surface area contributed by atoms with Gasteiger partial charge in [-0.3, -0.25) is 4.90 Å². The second-order valence-electron chi connectivity index (χ2n) is 5.96. The second kappa shape index (κ2) is 7.83. The Kier molecular flexibility index (Phi) is 3.95. The highest BCUT2D eigenvalue weighted by Gasteiger charge is 2.22. The average molecular weight is 434 g/mol. The van der Waals surface area contributed by atoms with Crippen molar-refractivity contribution in [2.45, 2.75) is 25.4 Å². The number of halogens is 4. The van der Waals surface area contributed by atoms with E-state index in [-0.39, 0.29) is 64.4 Å². The Morgan fingerprint density at radius 3 is 2.89 bits per heavy atom. The molecule has 1 aromatic carbocycles. The molecule has 0 spiro atoms. The molecule has 1 fully saturated rings. The van der Waals surface area contributed by atoms with Gasteiger partial charge in [-0.2, -0.15) is 0 Å². The minimum absolute atomic E-state index is 0.0459. The Labute approximate surface area is 176 Å². The summed E-state index contributed by atoms with van der Waals surface area (Å²) in [5, 5.41) is 0.797. The van der Waals surface area contributed by atoms with Gasteiger partial charge in [-0.05, 0) is 25.0 Å². The molecule has 0 radical (unpaired) electrons. The van der Waals surface area contributed by atoms with Gasteiger partial charge < -0.3 is 5.31 Å². The van der Waals surface area contributed by atoms with Crippen molar-refractivity contribution < 1.29 is 15.7 Å². The number of hydrogen-bond acceptors (Lipinski definition) is 5. The van der Waals surface area contributed by atoms with Gasteiger partial charge in [0.1, 0.15) is 30.0 Å². The Hall–Kier alpha value is -1.54. The first-order valence-electron chi connectivity index (χ1n) is 10.6. The van der Waals surface area contributed by atoms with E-state index in [0.717, 1.165) is 22.7 Å². The van der Waals surface area contributed by atoms with Gasteiger partial charge in [0.15, 0.2) is 1.41 Å². The fraction of sp³-hybridized carbons (Fsp3) is 0.333. The first-order chi connectivity index (χ1) is 15.0. The molecule has 1 aliphatic heterocycles. The molecule has 9 heteroatoms. The molecule has 0 bridgehead atoms. The molecule has 1 unspecified atom stereocenters. The number of nitrogens with zero attached hydrogens (tertiary/aromatic N) is 3. The summed E-state index contributed by atoms with van der Waals surface area (Å²) in [4.78, 5) is 9.83. The number of anilines is 1. The lowest BCUT2D eigenvalue weighted by molar-refractivity contribution is 0.208. The standard InChI is InChI=1S/C18H16Cl2F2N4S/c19-13-5-10(14(21)7-15(13)22)8-26-3-1-11(2-4-26)25-17-12-6-16(20)27-18(12)24-9-23-17/h5-7,9,11H,1-4,8H2,(H,23,24,25)/i6D,8D,9D,11D/hD. The second-order valence-corrected chi connectivity index (χ2v) is 7.97. The van der Waals surface area contributed by atoms with Crippen LogP contribution in [0, 0.1) is 11.6 Å². The number of nitrogens with one attached hydrogen (secondary N) is 1. The first-order valence-corrected chi connectivity index (χ1v) is 9.62. The smallest absolute Gasteiger partial charge is 0.162 e. The van der Waals surface area contributed by atoms with Crippen LogP contribution in [0.25, 0.3) is 10.2 Å². The number of hydrogen-bond donors (Lipinski definition) is 1. The molecular formula is C18H16Cl2F2N4S. The van der Waals surface area contributed by atoms with Crippen LogP contribution in [0.5, 0.6) is 0 Å². The molecule has 2 aromatic heterocycles. The van der Waals surface area contributed by atoms with Crippen LogP contribution in [-0.4, -0.2) is 34.0 Å². The third-order valence-corrected chi connectivity index (χ3v) is 5.54. The maximum absolute atomic E-state index is 14.2. The monoisotopic (exact) mass is 433 g/mol. The fourth-order valence-corrected chi connectivity index (χ4v) is 3.94. The molecule has 1 saturated heterocycles.